The number of ether oxygens (including phenoxy) is 1. The number of anilines is 1. The largest absolute Gasteiger partial charge is 0.465 e. The number of aryl methyl sites for hydroxylation is 1. The fourth-order valence-corrected chi connectivity index (χ4v) is 2.02. The maximum Gasteiger partial charge on any atom is 0.337 e. The quantitative estimate of drug-likeness (QED) is 0.694. The molecule has 0 saturated heterocycles. The van der Waals surface area contributed by atoms with E-state index in [1.54, 1.807) is 24.3 Å². The Morgan fingerprint density at radius 2 is 1.73 bits per heavy atom. The van der Waals surface area contributed by atoms with E-state index in [0.717, 1.165) is 11.3 Å². The number of nitrogens with one attached hydrogen (secondary N) is 1. The molecule has 0 aromatic heterocycles. The van der Waals surface area contributed by atoms with Crippen molar-refractivity contribution in [2.75, 3.05) is 12.4 Å². The highest BCUT2D eigenvalue weighted by Crippen LogP contribution is 2.17. The third-order valence-corrected chi connectivity index (χ3v) is 3.18. The molecule has 0 atom stereocenters. The molecule has 0 aliphatic heterocycles. The van der Waals surface area contributed by atoms with Crippen LogP contribution in [0.5, 0.6) is 0 Å². The van der Waals surface area contributed by atoms with Crippen LogP contribution in [0.2, 0.25) is 0 Å². The van der Waals surface area contributed by atoms with Gasteiger partial charge in [-0.25, -0.2) is 4.79 Å². The lowest BCUT2D eigenvalue weighted by atomic mass is 10.0. The maximum absolute atomic E-state index is 12.3. The first-order valence-corrected chi connectivity index (χ1v) is 6.77. The Bertz CT molecular complexity index is 735. The molecule has 0 fully saturated rings. The first kappa shape index (κ1) is 15.5. The van der Waals surface area contributed by atoms with E-state index in [1.165, 1.54) is 7.11 Å². The number of carbonyl (C=O) groups excluding carboxylic acids is 2. The summed E-state index contributed by atoms with van der Waals surface area (Å²) < 4.78 is 4.64. The fourth-order valence-electron chi connectivity index (χ4n) is 2.02. The molecule has 0 aliphatic rings. The van der Waals surface area contributed by atoms with Crippen molar-refractivity contribution in [2.24, 2.45) is 0 Å². The van der Waals surface area contributed by atoms with E-state index in [1.807, 2.05) is 31.2 Å². The van der Waals surface area contributed by atoms with E-state index < -0.39 is 5.97 Å². The molecule has 22 heavy (non-hydrogen) atoms. The Kier molecular flexibility index (Phi) is 4.73. The van der Waals surface area contributed by atoms with E-state index in [2.05, 4.69) is 16.6 Å². The smallest absolute Gasteiger partial charge is 0.337 e. The second kappa shape index (κ2) is 6.72. The summed E-state index contributed by atoms with van der Waals surface area (Å²) in [6.45, 7) is 5.64. The van der Waals surface area contributed by atoms with Crippen molar-refractivity contribution < 1.29 is 14.3 Å². The Morgan fingerprint density at radius 3 is 2.41 bits per heavy atom. The van der Waals surface area contributed by atoms with Crippen LogP contribution >= 0.6 is 0 Å². The monoisotopic (exact) mass is 295 g/mol. The van der Waals surface area contributed by atoms with Gasteiger partial charge in [-0.1, -0.05) is 30.8 Å². The Morgan fingerprint density at radius 1 is 1.05 bits per heavy atom. The summed E-state index contributed by atoms with van der Waals surface area (Å²) in [5.74, 6) is -0.763. The van der Waals surface area contributed by atoms with Crippen molar-refractivity contribution in [3.05, 3.63) is 71.8 Å². The average Bonchev–Trinajstić information content (AvgIpc) is 2.53. The third-order valence-electron chi connectivity index (χ3n) is 3.18. The number of methoxy groups -OCH3 is 1. The normalized spacial score (nSPS) is 9.91. The lowest BCUT2D eigenvalue weighted by Crippen LogP contribution is -2.12. The van der Waals surface area contributed by atoms with Crippen LogP contribution in [-0.2, 0) is 9.53 Å². The highest BCUT2D eigenvalue weighted by molar-refractivity contribution is 6.16. The van der Waals surface area contributed by atoms with Crippen LogP contribution in [0.25, 0.3) is 5.57 Å². The van der Waals surface area contributed by atoms with E-state index >= 15 is 0 Å². The van der Waals surface area contributed by atoms with Crippen LogP contribution in [0.1, 0.15) is 21.5 Å². The Labute approximate surface area is 129 Å². The van der Waals surface area contributed by atoms with Crippen LogP contribution in [0, 0.1) is 6.92 Å². The van der Waals surface area contributed by atoms with E-state index in [0.29, 0.717) is 11.1 Å². The zero-order valence-electron chi connectivity index (χ0n) is 12.6. The zero-order valence-corrected chi connectivity index (χ0v) is 12.6. The molecule has 112 valence electrons. The highest BCUT2D eigenvalue weighted by atomic mass is 16.5. The Balaban J connectivity index is 2.20. The first-order chi connectivity index (χ1) is 10.5. The molecule has 0 spiro atoms. The molecule has 2 aromatic rings. The number of amides is 1. The molecule has 0 bridgehead atoms. The summed E-state index contributed by atoms with van der Waals surface area (Å²) in [5.41, 5.74) is 3.01. The zero-order chi connectivity index (χ0) is 16.1. The second-order valence-electron chi connectivity index (χ2n) is 4.87. The van der Waals surface area contributed by atoms with Gasteiger partial charge >= 0.3 is 5.97 Å². The minimum Gasteiger partial charge on any atom is -0.465 e. The van der Waals surface area contributed by atoms with E-state index in [4.69, 9.17) is 0 Å². The molecule has 0 radical (unpaired) electrons. The maximum atomic E-state index is 12.3. The summed E-state index contributed by atoms with van der Waals surface area (Å²) in [5, 5.41) is 2.82. The molecular weight excluding hydrogens is 278 g/mol. The van der Waals surface area contributed by atoms with Crippen molar-refractivity contribution in [2.45, 2.75) is 6.92 Å². The van der Waals surface area contributed by atoms with Crippen LogP contribution in [0.4, 0.5) is 5.69 Å². The summed E-state index contributed by atoms with van der Waals surface area (Å²) in [7, 11) is 1.29. The molecule has 4 nitrogen and oxygen atoms in total. The van der Waals surface area contributed by atoms with Gasteiger partial charge in [-0.3, -0.25) is 4.79 Å². The van der Waals surface area contributed by atoms with Crippen LogP contribution in [0.15, 0.2) is 55.1 Å². The fraction of sp³-hybridized carbons (Fsp3) is 0.111. The van der Waals surface area contributed by atoms with Gasteiger partial charge in [-0.05, 0) is 42.3 Å². The molecule has 1 amide bonds. The van der Waals surface area contributed by atoms with Gasteiger partial charge in [-0.15, -0.1) is 0 Å². The van der Waals surface area contributed by atoms with Gasteiger partial charge in [0.25, 0.3) is 5.91 Å². The Hall–Kier alpha value is -2.88. The molecule has 0 unspecified atom stereocenters. The van der Waals surface area contributed by atoms with Crippen molar-refractivity contribution in [3.63, 3.8) is 0 Å². The molecule has 0 heterocycles. The second-order valence-corrected chi connectivity index (χ2v) is 4.87. The number of rotatable bonds is 4. The molecular formula is C18H17NO3. The molecule has 4 heteroatoms. The average molecular weight is 295 g/mol. The number of hydrogen-bond acceptors (Lipinski definition) is 3. The molecule has 0 aliphatic carbocycles. The van der Waals surface area contributed by atoms with Gasteiger partial charge < -0.3 is 10.1 Å². The lowest BCUT2D eigenvalue weighted by Gasteiger charge is -2.08. The topological polar surface area (TPSA) is 55.4 Å². The summed E-state index contributed by atoms with van der Waals surface area (Å²) in [6, 6.07) is 14.2. The van der Waals surface area contributed by atoms with E-state index in [9.17, 15) is 9.59 Å². The standard InChI is InChI=1S/C18H17NO3/c1-12-6-4-9-16(10-12)19-17(20)15-8-5-7-14(11-15)13(2)18(21)22-3/h4-11H,2H2,1,3H3,(H,19,20). The predicted octanol–water partition coefficient (Wildman–Crippen LogP) is 3.43. The summed E-state index contributed by atoms with van der Waals surface area (Å²) in [6.07, 6.45) is 0. The SMILES string of the molecule is C=C(C(=O)OC)c1cccc(C(=O)Nc2cccc(C)c2)c1. The molecule has 2 rings (SSSR count). The van der Waals surface area contributed by atoms with Crippen molar-refractivity contribution >= 4 is 23.1 Å². The lowest BCUT2D eigenvalue weighted by molar-refractivity contribution is -0.133. The number of hydrogen-bond donors (Lipinski definition) is 1. The molecule has 0 saturated carbocycles. The van der Waals surface area contributed by atoms with Crippen LogP contribution in [0.3, 0.4) is 0 Å². The van der Waals surface area contributed by atoms with Crippen molar-refractivity contribution in [1.82, 2.24) is 0 Å². The number of carbonyl (C=O) groups is 2. The minimum atomic E-state index is -0.517. The van der Waals surface area contributed by atoms with Gasteiger partial charge in [-0.2, -0.15) is 0 Å². The first-order valence-electron chi connectivity index (χ1n) is 6.77. The molecule has 1 N–H and O–H groups in total. The van der Waals surface area contributed by atoms with Crippen molar-refractivity contribution in [1.29, 1.82) is 0 Å². The highest BCUT2D eigenvalue weighted by Gasteiger charge is 2.12. The van der Waals surface area contributed by atoms with Crippen LogP contribution in [-0.4, -0.2) is 19.0 Å². The van der Waals surface area contributed by atoms with Gasteiger partial charge in [0.2, 0.25) is 0 Å². The minimum absolute atomic E-state index is 0.215. The third kappa shape index (κ3) is 3.61. The summed E-state index contributed by atoms with van der Waals surface area (Å²) in [4.78, 5) is 23.8. The van der Waals surface area contributed by atoms with Crippen LogP contribution < -0.4 is 5.32 Å². The van der Waals surface area contributed by atoms with Crippen molar-refractivity contribution in [3.8, 4) is 0 Å². The molecule has 2 aromatic carbocycles. The predicted molar refractivity (Wildman–Crippen MR) is 86.6 cm³/mol. The van der Waals surface area contributed by atoms with Gasteiger partial charge in [0.15, 0.2) is 0 Å². The van der Waals surface area contributed by atoms with Gasteiger partial charge in [0.05, 0.1) is 12.7 Å². The number of benzene rings is 2. The van der Waals surface area contributed by atoms with E-state index in [-0.39, 0.29) is 11.5 Å². The summed E-state index contributed by atoms with van der Waals surface area (Å²) >= 11 is 0. The van der Waals surface area contributed by atoms with Gasteiger partial charge in [0.1, 0.15) is 0 Å². The number of esters is 1. The van der Waals surface area contributed by atoms with Gasteiger partial charge in [0, 0.05) is 11.3 Å².